The Balaban J connectivity index is 1.31. The molecule has 3 aromatic rings. The van der Waals surface area contributed by atoms with Gasteiger partial charge in [0.25, 0.3) is 11.8 Å². The van der Waals surface area contributed by atoms with Gasteiger partial charge in [0, 0.05) is 32.0 Å². The molecule has 1 atom stereocenters. The summed E-state index contributed by atoms with van der Waals surface area (Å²) in [5, 5.41) is 0. The molecule has 0 saturated carbocycles. The Morgan fingerprint density at radius 2 is 2.03 bits per heavy atom. The molecule has 2 aliphatic rings. The van der Waals surface area contributed by atoms with Crippen LogP contribution in [0.15, 0.2) is 35.6 Å². The Morgan fingerprint density at radius 1 is 1.12 bits per heavy atom. The van der Waals surface area contributed by atoms with Crippen molar-refractivity contribution in [3.05, 3.63) is 48.2 Å². The largest absolute Gasteiger partial charge is 0.491 e. The maximum atomic E-state index is 12.5. The second kappa shape index (κ2) is 8.93. The molecule has 0 radical (unpaired) electrons. The molecule has 1 amide bonds. The van der Waals surface area contributed by atoms with Gasteiger partial charge in [0.15, 0.2) is 12.1 Å². The molecular weight excluding hydrogens is 428 g/mol. The van der Waals surface area contributed by atoms with Gasteiger partial charge in [0.2, 0.25) is 11.6 Å². The van der Waals surface area contributed by atoms with Gasteiger partial charge in [-0.25, -0.2) is 19.9 Å². The lowest BCUT2D eigenvalue weighted by atomic mass is 10.1. The Morgan fingerprint density at radius 3 is 2.82 bits per heavy atom. The number of amides is 1. The summed E-state index contributed by atoms with van der Waals surface area (Å²) in [6.45, 7) is 2.40. The lowest BCUT2D eigenvalue weighted by Crippen LogP contribution is -2.33. The smallest absolute Gasteiger partial charge is 0.291 e. The van der Waals surface area contributed by atoms with Crippen LogP contribution in [-0.2, 0) is 13.0 Å². The monoisotopic (exact) mass is 452 g/mol. The summed E-state index contributed by atoms with van der Waals surface area (Å²) in [6, 6.07) is 1.91. The number of hydrogen-bond donors (Lipinski definition) is 0. The normalized spacial score (nSPS) is 17.6. The van der Waals surface area contributed by atoms with Crippen LogP contribution in [-0.4, -0.2) is 70.7 Å². The molecule has 3 aromatic heterocycles. The van der Waals surface area contributed by atoms with E-state index in [2.05, 4.69) is 24.8 Å². The second-order valence-electron chi connectivity index (χ2n) is 7.83. The highest BCUT2D eigenvalue weighted by atomic mass is 16.5. The number of methoxy groups -OCH3 is 2. The van der Waals surface area contributed by atoms with Crippen molar-refractivity contribution in [3.63, 3.8) is 0 Å². The molecule has 0 bridgehead atoms. The van der Waals surface area contributed by atoms with E-state index in [0.29, 0.717) is 43.6 Å². The van der Waals surface area contributed by atoms with Gasteiger partial charge in [0.05, 0.1) is 56.6 Å². The Labute approximate surface area is 190 Å². The lowest BCUT2D eigenvalue weighted by Gasteiger charge is -2.31. The molecule has 1 saturated heterocycles. The van der Waals surface area contributed by atoms with Crippen LogP contribution in [0, 0.1) is 0 Å². The van der Waals surface area contributed by atoms with E-state index in [1.807, 2.05) is 6.07 Å². The van der Waals surface area contributed by atoms with E-state index in [-0.39, 0.29) is 17.8 Å². The van der Waals surface area contributed by atoms with Crippen LogP contribution in [0.2, 0.25) is 0 Å². The van der Waals surface area contributed by atoms with Crippen LogP contribution < -0.4 is 19.1 Å². The highest BCUT2D eigenvalue weighted by Gasteiger charge is 2.31. The number of ether oxygens (including phenoxy) is 3. The Kier molecular flexibility index (Phi) is 5.68. The summed E-state index contributed by atoms with van der Waals surface area (Å²) in [5.74, 6) is 1.61. The minimum Gasteiger partial charge on any atom is -0.491 e. The van der Waals surface area contributed by atoms with Gasteiger partial charge >= 0.3 is 0 Å². The van der Waals surface area contributed by atoms with Crippen LogP contribution in [0.4, 0.5) is 5.69 Å². The first-order valence-electron chi connectivity index (χ1n) is 10.7. The van der Waals surface area contributed by atoms with Crippen molar-refractivity contribution in [1.82, 2.24) is 24.8 Å². The van der Waals surface area contributed by atoms with Crippen molar-refractivity contribution in [1.29, 1.82) is 0 Å². The summed E-state index contributed by atoms with van der Waals surface area (Å²) in [5.41, 5.74) is 2.83. The standard InChI is InChI=1S/C22H24N6O5/c1-30-18-7-14(8-24-21(18)31-2)27-6-4-17-16(11-27)20(26-12-25-17)33-15-3-5-28(10-15)22(29)19-9-23-13-32-19/h7-9,12-13,15H,3-6,10-11H2,1-2H3/t15-/m0/s1. The Bertz CT molecular complexity index is 1140. The number of aromatic nitrogens is 4. The minimum atomic E-state index is -0.185. The fourth-order valence-corrected chi connectivity index (χ4v) is 4.18. The quantitative estimate of drug-likeness (QED) is 0.547. The maximum absolute atomic E-state index is 12.5. The predicted octanol–water partition coefficient (Wildman–Crippen LogP) is 1.73. The van der Waals surface area contributed by atoms with Crippen molar-refractivity contribution in [2.24, 2.45) is 0 Å². The summed E-state index contributed by atoms with van der Waals surface area (Å²) in [4.78, 5) is 33.4. The number of oxazole rings is 1. The average Bonchev–Trinajstić information content (AvgIpc) is 3.56. The van der Waals surface area contributed by atoms with Gasteiger partial charge in [-0.3, -0.25) is 4.79 Å². The number of hydrogen-bond acceptors (Lipinski definition) is 10. The molecule has 11 nitrogen and oxygen atoms in total. The predicted molar refractivity (Wildman–Crippen MR) is 116 cm³/mol. The van der Waals surface area contributed by atoms with Crippen molar-refractivity contribution in [2.45, 2.75) is 25.5 Å². The number of rotatable bonds is 6. The number of pyridine rings is 1. The SMILES string of the molecule is COc1cc(N2CCc3ncnc(O[C@H]4CCN(C(=O)c5cnco5)C4)c3C2)cnc1OC. The molecule has 1 fully saturated rings. The first kappa shape index (κ1) is 21.0. The van der Waals surface area contributed by atoms with Gasteiger partial charge in [0.1, 0.15) is 12.4 Å². The molecular formula is C22H24N6O5. The molecule has 5 rings (SSSR count). The lowest BCUT2D eigenvalue weighted by molar-refractivity contribution is 0.0739. The van der Waals surface area contributed by atoms with E-state index >= 15 is 0 Å². The molecule has 0 unspecified atom stereocenters. The summed E-state index contributed by atoms with van der Waals surface area (Å²) < 4.78 is 22.0. The van der Waals surface area contributed by atoms with Crippen LogP contribution in [0.25, 0.3) is 0 Å². The van der Waals surface area contributed by atoms with Crippen LogP contribution in [0.5, 0.6) is 17.5 Å². The number of carbonyl (C=O) groups excluding carboxylic acids is 1. The average molecular weight is 452 g/mol. The molecule has 0 N–H and O–H groups in total. The van der Waals surface area contributed by atoms with Crippen LogP contribution in [0.1, 0.15) is 28.2 Å². The molecule has 33 heavy (non-hydrogen) atoms. The summed E-state index contributed by atoms with van der Waals surface area (Å²) in [7, 11) is 3.15. The van der Waals surface area contributed by atoms with Gasteiger partial charge in [-0.05, 0) is 0 Å². The van der Waals surface area contributed by atoms with E-state index in [4.69, 9.17) is 18.6 Å². The molecule has 0 aliphatic carbocycles. The first-order chi connectivity index (χ1) is 16.2. The molecule has 172 valence electrons. The summed E-state index contributed by atoms with van der Waals surface area (Å²) >= 11 is 0. The zero-order valence-electron chi connectivity index (χ0n) is 18.4. The number of nitrogens with zero attached hydrogens (tertiary/aromatic N) is 6. The van der Waals surface area contributed by atoms with E-state index in [9.17, 15) is 4.79 Å². The van der Waals surface area contributed by atoms with Crippen LogP contribution >= 0.6 is 0 Å². The Hall–Kier alpha value is -3.89. The number of anilines is 1. The molecule has 0 aromatic carbocycles. The number of fused-ring (bicyclic) bond motifs is 1. The van der Waals surface area contributed by atoms with E-state index < -0.39 is 0 Å². The fraction of sp³-hybridized carbons (Fsp3) is 0.409. The topological polar surface area (TPSA) is 116 Å². The summed E-state index contributed by atoms with van der Waals surface area (Å²) in [6.07, 6.45) is 7.29. The fourth-order valence-electron chi connectivity index (χ4n) is 4.18. The molecule has 0 spiro atoms. The van der Waals surface area contributed by atoms with E-state index in [1.165, 1.54) is 18.9 Å². The molecule has 11 heteroatoms. The van der Waals surface area contributed by atoms with Gasteiger partial charge in [-0.2, -0.15) is 0 Å². The minimum absolute atomic E-state index is 0.158. The van der Waals surface area contributed by atoms with Gasteiger partial charge in [-0.15, -0.1) is 0 Å². The van der Waals surface area contributed by atoms with Crippen molar-refractivity contribution < 1.29 is 23.4 Å². The zero-order chi connectivity index (χ0) is 22.8. The van der Waals surface area contributed by atoms with Crippen molar-refractivity contribution in [2.75, 3.05) is 38.8 Å². The zero-order valence-corrected chi connectivity index (χ0v) is 18.4. The van der Waals surface area contributed by atoms with Crippen molar-refractivity contribution in [3.8, 4) is 17.5 Å². The highest BCUT2D eigenvalue weighted by Crippen LogP contribution is 2.33. The van der Waals surface area contributed by atoms with Gasteiger partial charge in [-0.1, -0.05) is 0 Å². The molecule has 2 aliphatic heterocycles. The third-order valence-corrected chi connectivity index (χ3v) is 5.90. The molecule has 5 heterocycles. The maximum Gasteiger partial charge on any atom is 0.291 e. The highest BCUT2D eigenvalue weighted by molar-refractivity contribution is 5.91. The van der Waals surface area contributed by atoms with E-state index in [0.717, 1.165) is 29.9 Å². The van der Waals surface area contributed by atoms with Crippen LogP contribution in [0.3, 0.4) is 0 Å². The first-order valence-corrected chi connectivity index (χ1v) is 10.7. The number of carbonyl (C=O) groups is 1. The van der Waals surface area contributed by atoms with Gasteiger partial charge < -0.3 is 28.4 Å². The number of likely N-dealkylation sites (tertiary alicyclic amines) is 1. The van der Waals surface area contributed by atoms with E-state index in [1.54, 1.807) is 25.3 Å². The second-order valence-corrected chi connectivity index (χ2v) is 7.83. The van der Waals surface area contributed by atoms with Crippen molar-refractivity contribution >= 4 is 11.6 Å². The third kappa shape index (κ3) is 4.13. The third-order valence-electron chi connectivity index (χ3n) is 5.90.